The summed E-state index contributed by atoms with van der Waals surface area (Å²) in [6.07, 6.45) is 0. The van der Waals surface area contributed by atoms with E-state index in [0.717, 1.165) is 28.3 Å². The fourth-order valence-corrected chi connectivity index (χ4v) is 4.14. The minimum atomic E-state index is -0.326. The van der Waals surface area contributed by atoms with Crippen molar-refractivity contribution in [2.45, 2.75) is 6.92 Å². The smallest absolute Gasteiger partial charge is 0.307 e. The Morgan fingerprint density at radius 1 is 1.27 bits per heavy atom. The largest absolute Gasteiger partial charge is 0.486 e. The van der Waals surface area contributed by atoms with Gasteiger partial charge in [-0.3, -0.25) is 14.9 Å². The second kappa shape index (κ2) is 6.58. The van der Waals surface area contributed by atoms with Crippen LogP contribution in [0.15, 0.2) is 28.4 Å². The van der Waals surface area contributed by atoms with Crippen LogP contribution in [0.4, 0.5) is 5.13 Å². The minimum absolute atomic E-state index is 0.163. The molecule has 1 aliphatic rings. The first-order valence-corrected chi connectivity index (χ1v) is 9.56. The molecular weight excluding hydrogens is 374 g/mol. The maximum Gasteiger partial charge on any atom is 0.307 e. The molecule has 0 spiro atoms. The number of nitrogens with zero attached hydrogens (tertiary/aromatic N) is 2. The van der Waals surface area contributed by atoms with Gasteiger partial charge in [0.25, 0.3) is 5.91 Å². The Labute approximate surface area is 156 Å². The Kier molecular flexibility index (Phi) is 4.25. The van der Waals surface area contributed by atoms with Crippen molar-refractivity contribution in [2.75, 3.05) is 18.5 Å². The molecule has 3 aromatic rings. The lowest BCUT2D eigenvalue weighted by Gasteiger charge is -2.18. The molecule has 7 nitrogen and oxygen atoms in total. The highest BCUT2D eigenvalue weighted by Crippen LogP contribution is 2.35. The second-order valence-corrected chi connectivity index (χ2v) is 7.51. The van der Waals surface area contributed by atoms with Gasteiger partial charge in [0.05, 0.1) is 5.69 Å². The molecule has 0 unspecified atom stereocenters. The number of thiazole rings is 2. The summed E-state index contributed by atoms with van der Waals surface area (Å²) < 4.78 is 12.6. The summed E-state index contributed by atoms with van der Waals surface area (Å²) in [6.45, 7) is 2.81. The summed E-state index contributed by atoms with van der Waals surface area (Å²) in [5.74, 6) is 1.09. The number of fused-ring (bicyclic) bond motifs is 1. The SMILES string of the molecule is Cc1c(C(=O)Nc2nc(-c3ccc4c(c3)OCCO4)cs2)sc(=O)n1C. The maximum absolute atomic E-state index is 12.4. The molecule has 0 saturated heterocycles. The third-order valence-electron chi connectivity index (χ3n) is 4.06. The molecule has 4 rings (SSSR count). The second-order valence-electron chi connectivity index (χ2n) is 5.69. The lowest BCUT2D eigenvalue weighted by atomic mass is 10.1. The highest BCUT2D eigenvalue weighted by atomic mass is 32.1. The number of aromatic nitrogens is 2. The van der Waals surface area contributed by atoms with Gasteiger partial charge in [-0.05, 0) is 25.1 Å². The van der Waals surface area contributed by atoms with Crippen molar-refractivity contribution in [1.82, 2.24) is 9.55 Å². The Balaban J connectivity index is 1.55. The number of anilines is 1. The summed E-state index contributed by atoms with van der Waals surface area (Å²) in [4.78, 5) is 28.8. The van der Waals surface area contributed by atoms with E-state index in [0.29, 0.717) is 34.7 Å². The van der Waals surface area contributed by atoms with Gasteiger partial charge in [-0.1, -0.05) is 11.3 Å². The summed E-state index contributed by atoms with van der Waals surface area (Å²) in [7, 11) is 1.65. The zero-order valence-electron chi connectivity index (χ0n) is 14.1. The molecule has 0 aliphatic carbocycles. The highest BCUT2D eigenvalue weighted by Gasteiger charge is 2.18. The topological polar surface area (TPSA) is 82.5 Å². The Morgan fingerprint density at radius 2 is 2.04 bits per heavy atom. The predicted octanol–water partition coefficient (Wildman–Crippen LogP) is 2.90. The molecule has 3 heterocycles. The fourth-order valence-electron chi connectivity index (χ4n) is 2.55. The molecule has 1 aliphatic heterocycles. The van der Waals surface area contributed by atoms with E-state index < -0.39 is 0 Å². The average molecular weight is 389 g/mol. The minimum Gasteiger partial charge on any atom is -0.486 e. The molecule has 1 aromatic carbocycles. The lowest BCUT2D eigenvalue weighted by molar-refractivity contribution is 0.102. The third kappa shape index (κ3) is 2.99. The van der Waals surface area contributed by atoms with Crippen LogP contribution in [0.1, 0.15) is 15.4 Å². The molecule has 0 radical (unpaired) electrons. The van der Waals surface area contributed by atoms with E-state index in [9.17, 15) is 9.59 Å². The number of ether oxygens (including phenoxy) is 2. The van der Waals surface area contributed by atoms with E-state index in [4.69, 9.17) is 9.47 Å². The zero-order valence-corrected chi connectivity index (χ0v) is 15.7. The van der Waals surface area contributed by atoms with Crippen LogP contribution in [0.3, 0.4) is 0 Å². The summed E-state index contributed by atoms with van der Waals surface area (Å²) in [5, 5.41) is 5.10. The van der Waals surface area contributed by atoms with Crippen molar-refractivity contribution < 1.29 is 14.3 Å². The van der Waals surface area contributed by atoms with Gasteiger partial charge in [0.1, 0.15) is 18.1 Å². The quantitative estimate of drug-likeness (QED) is 0.745. The number of nitrogens with one attached hydrogen (secondary N) is 1. The number of hydrogen-bond acceptors (Lipinski definition) is 7. The molecule has 26 heavy (non-hydrogen) atoms. The molecule has 0 saturated carbocycles. The highest BCUT2D eigenvalue weighted by molar-refractivity contribution is 7.14. The molecule has 134 valence electrons. The first kappa shape index (κ1) is 16.8. The van der Waals surface area contributed by atoms with Crippen molar-refractivity contribution in [3.63, 3.8) is 0 Å². The molecule has 0 bridgehead atoms. The number of carbonyl (C=O) groups excluding carboxylic acids is 1. The van der Waals surface area contributed by atoms with Crippen LogP contribution in [0.25, 0.3) is 11.3 Å². The average Bonchev–Trinajstić information content (AvgIpc) is 3.21. The van der Waals surface area contributed by atoms with E-state index >= 15 is 0 Å². The molecule has 0 fully saturated rings. The lowest BCUT2D eigenvalue weighted by Crippen LogP contribution is -2.15. The van der Waals surface area contributed by atoms with Crippen molar-refractivity contribution in [3.05, 3.63) is 43.8 Å². The molecule has 1 N–H and O–H groups in total. The van der Waals surface area contributed by atoms with Crippen molar-refractivity contribution in [1.29, 1.82) is 0 Å². The Hall–Kier alpha value is -2.65. The van der Waals surface area contributed by atoms with Crippen molar-refractivity contribution in [3.8, 4) is 22.8 Å². The summed E-state index contributed by atoms with van der Waals surface area (Å²) >= 11 is 2.25. The van der Waals surface area contributed by atoms with E-state index in [1.165, 1.54) is 15.9 Å². The third-order valence-corrected chi connectivity index (χ3v) is 5.95. The van der Waals surface area contributed by atoms with Crippen LogP contribution in [0, 0.1) is 6.92 Å². The number of rotatable bonds is 3. The van der Waals surface area contributed by atoms with Gasteiger partial charge in [0, 0.05) is 23.7 Å². The van der Waals surface area contributed by atoms with Crippen molar-refractivity contribution in [2.24, 2.45) is 7.05 Å². The first-order valence-electron chi connectivity index (χ1n) is 7.86. The van der Waals surface area contributed by atoms with Gasteiger partial charge in [-0.15, -0.1) is 11.3 Å². The van der Waals surface area contributed by atoms with Gasteiger partial charge < -0.3 is 14.0 Å². The normalized spacial score (nSPS) is 12.8. The molecular formula is C17H15N3O4S2. The van der Waals surface area contributed by atoms with Gasteiger partial charge in [0.15, 0.2) is 16.6 Å². The molecule has 2 aromatic heterocycles. The van der Waals surface area contributed by atoms with Gasteiger partial charge in [-0.2, -0.15) is 0 Å². The van der Waals surface area contributed by atoms with Gasteiger partial charge >= 0.3 is 4.87 Å². The number of carbonyl (C=O) groups is 1. The summed E-state index contributed by atoms with van der Waals surface area (Å²) in [6, 6.07) is 5.63. The molecule has 9 heteroatoms. The van der Waals surface area contributed by atoms with Crippen LogP contribution < -0.4 is 19.7 Å². The summed E-state index contributed by atoms with van der Waals surface area (Å²) in [5.41, 5.74) is 2.26. The number of hydrogen-bond donors (Lipinski definition) is 1. The zero-order chi connectivity index (χ0) is 18.3. The maximum atomic E-state index is 12.4. The van der Waals surface area contributed by atoms with E-state index in [1.54, 1.807) is 14.0 Å². The molecule has 0 atom stereocenters. The van der Waals surface area contributed by atoms with Crippen LogP contribution in [-0.4, -0.2) is 28.7 Å². The monoisotopic (exact) mass is 389 g/mol. The van der Waals surface area contributed by atoms with Crippen LogP contribution in [0.2, 0.25) is 0 Å². The standard InChI is InChI=1S/C17H15N3O4S2/c1-9-14(26-17(22)20(9)2)15(21)19-16-18-11(8-25-16)10-3-4-12-13(7-10)24-6-5-23-12/h3-4,7-8H,5-6H2,1-2H3,(H,18,19,21). The number of amides is 1. The van der Waals surface area contributed by atoms with Crippen LogP contribution >= 0.6 is 22.7 Å². The fraction of sp³-hybridized carbons (Fsp3) is 0.235. The molecule has 1 amide bonds. The van der Waals surface area contributed by atoms with E-state index in [2.05, 4.69) is 10.3 Å². The Bertz CT molecular complexity index is 1050. The van der Waals surface area contributed by atoms with E-state index in [1.807, 2.05) is 23.6 Å². The van der Waals surface area contributed by atoms with Crippen LogP contribution in [0.5, 0.6) is 11.5 Å². The Morgan fingerprint density at radius 3 is 2.77 bits per heavy atom. The van der Waals surface area contributed by atoms with E-state index in [-0.39, 0.29) is 10.8 Å². The van der Waals surface area contributed by atoms with Crippen LogP contribution in [-0.2, 0) is 7.05 Å². The van der Waals surface area contributed by atoms with Gasteiger partial charge in [0.2, 0.25) is 0 Å². The van der Waals surface area contributed by atoms with Gasteiger partial charge in [-0.25, -0.2) is 4.98 Å². The van der Waals surface area contributed by atoms with Crippen molar-refractivity contribution >= 4 is 33.7 Å². The first-order chi connectivity index (χ1) is 12.5. The number of benzene rings is 1. The predicted molar refractivity (Wildman–Crippen MR) is 101 cm³/mol.